The van der Waals surface area contributed by atoms with Crippen LogP contribution in [0.1, 0.15) is 6.42 Å². The van der Waals surface area contributed by atoms with Crippen LogP contribution in [-0.4, -0.2) is 48.7 Å². The van der Waals surface area contributed by atoms with Crippen LogP contribution in [-0.2, 0) is 4.74 Å². The molecule has 2 unspecified atom stereocenters. The number of hydrogen-bond donors (Lipinski definition) is 1. The van der Waals surface area contributed by atoms with Crippen LogP contribution in [0.5, 0.6) is 0 Å². The largest absolute Gasteiger partial charge is 0.522 e. The summed E-state index contributed by atoms with van der Waals surface area (Å²) in [7, 11) is 1.67. The van der Waals surface area contributed by atoms with E-state index in [2.05, 4.69) is 4.74 Å². The first kappa shape index (κ1) is 10.7. The van der Waals surface area contributed by atoms with Crippen molar-refractivity contribution in [2.75, 3.05) is 20.2 Å². The van der Waals surface area contributed by atoms with Gasteiger partial charge < -0.3 is 5.11 Å². The number of aliphatic hydroxyl groups is 1. The van der Waals surface area contributed by atoms with E-state index in [9.17, 15) is 13.2 Å². The third kappa shape index (κ3) is 3.13. The molecule has 1 heterocycles. The topological polar surface area (TPSA) is 32.7 Å². The van der Waals surface area contributed by atoms with Crippen molar-refractivity contribution in [3.05, 3.63) is 0 Å². The van der Waals surface area contributed by atoms with Crippen molar-refractivity contribution in [1.82, 2.24) is 4.90 Å². The lowest BCUT2D eigenvalue weighted by Gasteiger charge is -2.15. The van der Waals surface area contributed by atoms with E-state index in [0.717, 1.165) is 0 Å². The fourth-order valence-corrected chi connectivity index (χ4v) is 1.52. The molecule has 0 amide bonds. The zero-order chi connectivity index (χ0) is 10.1. The Labute approximate surface area is 74.1 Å². The van der Waals surface area contributed by atoms with Gasteiger partial charge in [0.1, 0.15) is 0 Å². The maximum atomic E-state index is 11.8. The first-order valence-electron chi connectivity index (χ1n) is 3.98. The molecule has 1 fully saturated rings. The molecule has 1 N–H and O–H groups in total. The minimum Gasteiger partial charge on any atom is -0.395 e. The number of likely N-dealkylation sites (tertiary alicyclic amines) is 1. The van der Waals surface area contributed by atoms with E-state index in [1.807, 2.05) is 0 Å². The van der Waals surface area contributed by atoms with Crippen molar-refractivity contribution >= 4 is 0 Å². The van der Waals surface area contributed by atoms with Crippen molar-refractivity contribution in [2.45, 2.75) is 24.9 Å². The summed E-state index contributed by atoms with van der Waals surface area (Å²) in [4.78, 5) is 1.66. The lowest BCUT2D eigenvalue weighted by Crippen LogP contribution is -2.28. The zero-order valence-electron chi connectivity index (χ0n) is 7.21. The second-order valence-electron chi connectivity index (χ2n) is 3.20. The van der Waals surface area contributed by atoms with E-state index in [0.29, 0.717) is 0 Å². The number of hydrogen-bond acceptors (Lipinski definition) is 3. The van der Waals surface area contributed by atoms with Crippen LogP contribution in [0.3, 0.4) is 0 Å². The number of likely N-dealkylation sites (N-methyl/N-ethyl adjacent to an activating group) is 1. The monoisotopic (exact) mass is 199 g/mol. The van der Waals surface area contributed by atoms with Gasteiger partial charge in [-0.3, -0.25) is 9.64 Å². The molecule has 1 saturated heterocycles. The van der Waals surface area contributed by atoms with E-state index in [1.54, 1.807) is 11.9 Å². The summed E-state index contributed by atoms with van der Waals surface area (Å²) < 4.78 is 39.1. The third-order valence-corrected chi connectivity index (χ3v) is 2.16. The van der Waals surface area contributed by atoms with Crippen LogP contribution in [0, 0.1) is 0 Å². The molecule has 1 rings (SSSR count). The van der Waals surface area contributed by atoms with Gasteiger partial charge in [-0.25, -0.2) is 0 Å². The van der Waals surface area contributed by atoms with Gasteiger partial charge in [-0.05, 0) is 13.5 Å². The van der Waals surface area contributed by atoms with Crippen LogP contribution in [0.15, 0.2) is 0 Å². The quantitative estimate of drug-likeness (QED) is 0.706. The molecular formula is C7H12F3NO2. The molecular weight excluding hydrogens is 187 g/mol. The van der Waals surface area contributed by atoms with E-state index >= 15 is 0 Å². The highest BCUT2D eigenvalue weighted by atomic mass is 19.4. The summed E-state index contributed by atoms with van der Waals surface area (Å²) in [5.74, 6) is 0. The van der Waals surface area contributed by atoms with Crippen LogP contribution in [0.4, 0.5) is 13.2 Å². The summed E-state index contributed by atoms with van der Waals surface area (Å²) in [5.41, 5.74) is 0. The summed E-state index contributed by atoms with van der Waals surface area (Å²) in [6.07, 6.45) is -5.19. The van der Waals surface area contributed by atoms with Crippen LogP contribution >= 0.6 is 0 Å². The van der Waals surface area contributed by atoms with Gasteiger partial charge in [0.2, 0.25) is 0 Å². The maximum Gasteiger partial charge on any atom is 0.522 e. The Morgan fingerprint density at radius 1 is 1.54 bits per heavy atom. The first-order valence-corrected chi connectivity index (χ1v) is 3.98. The van der Waals surface area contributed by atoms with Crippen LogP contribution < -0.4 is 0 Å². The molecule has 1 aliphatic heterocycles. The fraction of sp³-hybridized carbons (Fsp3) is 1.00. The van der Waals surface area contributed by atoms with E-state index < -0.39 is 12.5 Å². The average Bonchev–Trinajstić information content (AvgIpc) is 2.26. The number of alkyl halides is 3. The van der Waals surface area contributed by atoms with Gasteiger partial charge in [0.15, 0.2) is 0 Å². The highest BCUT2D eigenvalue weighted by molar-refractivity contribution is 4.83. The Morgan fingerprint density at radius 3 is 2.54 bits per heavy atom. The smallest absolute Gasteiger partial charge is 0.395 e. The van der Waals surface area contributed by atoms with Crippen LogP contribution in [0.2, 0.25) is 0 Å². The second-order valence-corrected chi connectivity index (χ2v) is 3.20. The number of halogens is 3. The predicted molar refractivity (Wildman–Crippen MR) is 39.0 cm³/mol. The molecule has 6 heteroatoms. The maximum absolute atomic E-state index is 11.8. The number of ether oxygens (including phenoxy) is 1. The van der Waals surface area contributed by atoms with Gasteiger partial charge in [0.05, 0.1) is 12.7 Å². The number of rotatable bonds is 2. The zero-order valence-corrected chi connectivity index (χ0v) is 7.21. The SMILES string of the molecule is CN1CC(OC(F)(F)F)CC1CO. The summed E-state index contributed by atoms with van der Waals surface area (Å²) in [5, 5.41) is 8.77. The van der Waals surface area contributed by atoms with Crippen molar-refractivity contribution < 1.29 is 23.0 Å². The molecule has 2 atom stereocenters. The minimum absolute atomic E-state index is 0.131. The second kappa shape index (κ2) is 3.81. The number of nitrogens with zero attached hydrogens (tertiary/aromatic N) is 1. The molecule has 0 aromatic rings. The van der Waals surface area contributed by atoms with Gasteiger partial charge in [-0.1, -0.05) is 0 Å². The molecule has 0 bridgehead atoms. The predicted octanol–water partition coefficient (Wildman–Crippen LogP) is 0.588. The highest BCUT2D eigenvalue weighted by Crippen LogP contribution is 2.25. The number of aliphatic hydroxyl groups excluding tert-OH is 1. The normalized spacial score (nSPS) is 31.2. The summed E-state index contributed by atoms with van der Waals surface area (Å²) in [6, 6.07) is -0.215. The van der Waals surface area contributed by atoms with E-state index in [-0.39, 0.29) is 25.6 Å². The standard InChI is InChI=1S/C7H12F3NO2/c1-11-3-6(2-5(11)4-12)13-7(8,9)10/h5-6,12H,2-4H2,1H3. The Morgan fingerprint density at radius 2 is 2.15 bits per heavy atom. The van der Waals surface area contributed by atoms with Crippen molar-refractivity contribution in [3.8, 4) is 0 Å². The Hall–Kier alpha value is -0.330. The van der Waals surface area contributed by atoms with Gasteiger partial charge >= 0.3 is 6.36 Å². The lowest BCUT2D eigenvalue weighted by molar-refractivity contribution is -0.340. The molecule has 1 aliphatic rings. The molecule has 0 aliphatic carbocycles. The molecule has 0 saturated carbocycles. The molecule has 78 valence electrons. The van der Waals surface area contributed by atoms with Crippen molar-refractivity contribution in [2.24, 2.45) is 0 Å². The first-order chi connectivity index (χ1) is 5.92. The lowest BCUT2D eigenvalue weighted by atomic mass is 10.2. The van der Waals surface area contributed by atoms with Crippen molar-refractivity contribution in [3.63, 3.8) is 0 Å². The molecule has 0 spiro atoms. The molecule has 0 aromatic heterocycles. The van der Waals surface area contributed by atoms with E-state index in [4.69, 9.17) is 5.11 Å². The Kier molecular flexibility index (Phi) is 3.15. The Balaban J connectivity index is 2.40. The summed E-state index contributed by atoms with van der Waals surface area (Å²) in [6.45, 7) is 0.0823. The van der Waals surface area contributed by atoms with Gasteiger partial charge in [-0.2, -0.15) is 0 Å². The molecule has 0 radical (unpaired) electrons. The highest BCUT2D eigenvalue weighted by Gasteiger charge is 2.38. The molecule has 0 aromatic carbocycles. The Bertz CT molecular complexity index is 174. The minimum atomic E-state index is -4.57. The third-order valence-electron chi connectivity index (χ3n) is 2.16. The van der Waals surface area contributed by atoms with Gasteiger partial charge in [0, 0.05) is 12.6 Å². The van der Waals surface area contributed by atoms with Gasteiger partial charge in [0.25, 0.3) is 0 Å². The van der Waals surface area contributed by atoms with Crippen LogP contribution in [0.25, 0.3) is 0 Å². The molecule has 13 heavy (non-hydrogen) atoms. The average molecular weight is 199 g/mol. The molecule has 3 nitrogen and oxygen atoms in total. The van der Waals surface area contributed by atoms with Gasteiger partial charge in [-0.15, -0.1) is 13.2 Å². The van der Waals surface area contributed by atoms with E-state index in [1.165, 1.54) is 0 Å². The summed E-state index contributed by atoms with van der Waals surface area (Å²) >= 11 is 0. The van der Waals surface area contributed by atoms with Crippen molar-refractivity contribution in [1.29, 1.82) is 0 Å². The fourth-order valence-electron chi connectivity index (χ4n) is 1.52.